The van der Waals surface area contributed by atoms with Crippen LogP contribution in [0.3, 0.4) is 0 Å². The lowest BCUT2D eigenvalue weighted by Gasteiger charge is -2.23. The monoisotopic (exact) mass is 298 g/mol. The van der Waals surface area contributed by atoms with Gasteiger partial charge in [-0.1, -0.05) is 0 Å². The van der Waals surface area contributed by atoms with Crippen molar-refractivity contribution in [3.63, 3.8) is 0 Å². The maximum Gasteiger partial charge on any atom is 0.315 e. The van der Waals surface area contributed by atoms with Crippen LogP contribution in [-0.4, -0.2) is 32.0 Å². The molecule has 3 rings (SSSR count). The summed E-state index contributed by atoms with van der Waals surface area (Å²) in [5.74, 6) is 1.14. The van der Waals surface area contributed by atoms with Crippen molar-refractivity contribution in [3.8, 4) is 0 Å². The van der Waals surface area contributed by atoms with Crippen molar-refractivity contribution in [1.29, 1.82) is 0 Å². The minimum Gasteiger partial charge on any atom is -0.469 e. The zero-order chi connectivity index (χ0) is 14.2. The van der Waals surface area contributed by atoms with Gasteiger partial charge in [-0.05, 0) is 25.3 Å². The van der Waals surface area contributed by atoms with Gasteiger partial charge in [0.2, 0.25) is 0 Å². The average Bonchev–Trinajstić information content (AvgIpc) is 2.96. The maximum atomic E-state index is 12.0. The lowest BCUT2D eigenvalue weighted by molar-refractivity contribution is 0.232. The molecule has 20 heavy (non-hydrogen) atoms. The lowest BCUT2D eigenvalue weighted by Crippen LogP contribution is -2.44. The van der Waals surface area contributed by atoms with E-state index in [9.17, 15) is 13.2 Å². The highest BCUT2D eigenvalue weighted by Gasteiger charge is 2.30. The van der Waals surface area contributed by atoms with Gasteiger partial charge in [-0.3, -0.25) is 0 Å². The molecular formula is C13H18N2O4S. The summed E-state index contributed by atoms with van der Waals surface area (Å²) in [7, 11) is -2.97. The molecule has 2 heterocycles. The first-order valence-corrected chi connectivity index (χ1v) is 8.69. The van der Waals surface area contributed by atoms with E-state index in [-0.39, 0.29) is 29.6 Å². The van der Waals surface area contributed by atoms with Crippen LogP contribution in [0, 0.1) is 0 Å². The molecule has 1 aromatic heterocycles. The molecule has 0 saturated carbocycles. The van der Waals surface area contributed by atoms with Crippen molar-refractivity contribution in [1.82, 2.24) is 10.6 Å². The Hall–Kier alpha value is -1.50. The normalized spacial score (nSPS) is 27.8. The second kappa shape index (κ2) is 5.12. The number of hydrogen-bond donors (Lipinski definition) is 2. The minimum absolute atomic E-state index is 0.0437. The number of urea groups is 1. The van der Waals surface area contributed by atoms with Crippen LogP contribution in [-0.2, 0) is 16.3 Å². The van der Waals surface area contributed by atoms with Crippen LogP contribution >= 0.6 is 0 Å². The zero-order valence-electron chi connectivity index (χ0n) is 11.1. The highest BCUT2D eigenvalue weighted by Crippen LogP contribution is 2.30. The van der Waals surface area contributed by atoms with Gasteiger partial charge in [0, 0.05) is 18.0 Å². The van der Waals surface area contributed by atoms with Gasteiger partial charge in [0.25, 0.3) is 0 Å². The van der Waals surface area contributed by atoms with E-state index in [1.807, 2.05) is 6.07 Å². The highest BCUT2D eigenvalue weighted by atomic mass is 32.2. The number of sulfone groups is 1. The van der Waals surface area contributed by atoms with Crippen molar-refractivity contribution in [2.24, 2.45) is 0 Å². The van der Waals surface area contributed by atoms with E-state index in [4.69, 9.17) is 4.42 Å². The average molecular weight is 298 g/mol. The predicted molar refractivity (Wildman–Crippen MR) is 73.1 cm³/mol. The molecule has 0 aromatic carbocycles. The quantitative estimate of drug-likeness (QED) is 0.857. The number of hydrogen-bond acceptors (Lipinski definition) is 4. The highest BCUT2D eigenvalue weighted by molar-refractivity contribution is 7.91. The molecule has 2 atom stereocenters. The third kappa shape index (κ3) is 2.82. The molecule has 1 aromatic rings. The molecule has 1 fully saturated rings. The number of carbonyl (C=O) groups is 1. The molecule has 0 radical (unpaired) electrons. The Morgan fingerprint density at radius 3 is 2.90 bits per heavy atom. The van der Waals surface area contributed by atoms with Crippen LogP contribution in [0.5, 0.6) is 0 Å². The minimum atomic E-state index is -2.97. The van der Waals surface area contributed by atoms with E-state index in [0.717, 1.165) is 30.6 Å². The van der Waals surface area contributed by atoms with E-state index >= 15 is 0 Å². The van der Waals surface area contributed by atoms with E-state index in [2.05, 4.69) is 10.6 Å². The summed E-state index contributed by atoms with van der Waals surface area (Å²) >= 11 is 0. The predicted octanol–water partition coefficient (Wildman–Crippen LogP) is 1.14. The zero-order valence-corrected chi connectivity index (χ0v) is 11.9. The van der Waals surface area contributed by atoms with Crippen LogP contribution in [0.4, 0.5) is 4.79 Å². The van der Waals surface area contributed by atoms with Crippen LogP contribution in [0.1, 0.15) is 36.6 Å². The second-order valence-corrected chi connectivity index (χ2v) is 7.69. The van der Waals surface area contributed by atoms with E-state index in [0.29, 0.717) is 6.42 Å². The first-order chi connectivity index (χ1) is 9.53. The SMILES string of the molecule is O=C(NC1CCS(=O)(=O)C1)NC1CCCc2occc21. The molecule has 1 aliphatic heterocycles. The Balaban J connectivity index is 1.58. The maximum absolute atomic E-state index is 12.0. The summed E-state index contributed by atoms with van der Waals surface area (Å²) in [5, 5.41) is 5.66. The largest absolute Gasteiger partial charge is 0.469 e. The van der Waals surface area contributed by atoms with E-state index in [1.54, 1.807) is 6.26 Å². The summed E-state index contributed by atoms with van der Waals surface area (Å²) in [4.78, 5) is 12.0. The Morgan fingerprint density at radius 1 is 1.30 bits per heavy atom. The molecule has 6 nitrogen and oxygen atoms in total. The first-order valence-electron chi connectivity index (χ1n) is 6.87. The van der Waals surface area contributed by atoms with Gasteiger partial charge in [-0.25, -0.2) is 13.2 Å². The first kappa shape index (κ1) is 13.5. The Bertz CT molecular complexity index is 608. The molecule has 110 valence electrons. The van der Waals surface area contributed by atoms with Crippen LogP contribution in [0.15, 0.2) is 16.7 Å². The van der Waals surface area contributed by atoms with Crippen molar-refractivity contribution < 1.29 is 17.6 Å². The Morgan fingerprint density at radius 2 is 2.15 bits per heavy atom. The van der Waals surface area contributed by atoms with Gasteiger partial charge >= 0.3 is 6.03 Å². The topological polar surface area (TPSA) is 88.4 Å². The molecule has 7 heteroatoms. The standard InChI is InChI=1S/C13H18N2O4S/c16-13(14-9-5-7-20(17,18)8-9)15-11-2-1-3-12-10(11)4-6-19-12/h4,6,9,11H,1-3,5,7-8H2,(H2,14,15,16). The number of nitrogens with one attached hydrogen (secondary N) is 2. The van der Waals surface area contributed by atoms with Gasteiger partial charge < -0.3 is 15.1 Å². The van der Waals surface area contributed by atoms with Crippen LogP contribution in [0.2, 0.25) is 0 Å². The van der Waals surface area contributed by atoms with Crippen LogP contribution in [0.25, 0.3) is 0 Å². The number of amides is 2. The molecule has 2 N–H and O–H groups in total. The third-order valence-electron chi connectivity index (χ3n) is 3.92. The fraction of sp³-hybridized carbons (Fsp3) is 0.615. The van der Waals surface area contributed by atoms with Gasteiger partial charge in [-0.15, -0.1) is 0 Å². The van der Waals surface area contributed by atoms with Gasteiger partial charge in [0.1, 0.15) is 5.76 Å². The summed E-state index contributed by atoms with van der Waals surface area (Å²) < 4.78 is 28.1. The lowest BCUT2D eigenvalue weighted by atomic mass is 9.93. The van der Waals surface area contributed by atoms with E-state index < -0.39 is 9.84 Å². The molecule has 2 aliphatic rings. The summed E-state index contributed by atoms with van der Waals surface area (Å²) in [6.45, 7) is 0. The fourth-order valence-electron chi connectivity index (χ4n) is 2.93. The summed E-state index contributed by atoms with van der Waals surface area (Å²) in [5.41, 5.74) is 1.03. The summed E-state index contributed by atoms with van der Waals surface area (Å²) in [6, 6.07) is 1.27. The van der Waals surface area contributed by atoms with Crippen molar-refractivity contribution >= 4 is 15.9 Å². The fourth-order valence-corrected chi connectivity index (χ4v) is 4.60. The number of carbonyl (C=O) groups excluding carboxylic acids is 1. The molecular weight excluding hydrogens is 280 g/mol. The van der Waals surface area contributed by atoms with Crippen LogP contribution < -0.4 is 10.6 Å². The Kier molecular flexibility index (Phi) is 3.45. The van der Waals surface area contributed by atoms with Crippen molar-refractivity contribution in [3.05, 3.63) is 23.7 Å². The number of fused-ring (bicyclic) bond motifs is 1. The molecule has 1 saturated heterocycles. The van der Waals surface area contributed by atoms with E-state index in [1.165, 1.54) is 0 Å². The van der Waals surface area contributed by atoms with Gasteiger partial charge in [0.15, 0.2) is 9.84 Å². The smallest absolute Gasteiger partial charge is 0.315 e. The number of aryl methyl sites for hydroxylation is 1. The van der Waals surface area contributed by atoms with Crippen molar-refractivity contribution in [2.75, 3.05) is 11.5 Å². The molecule has 2 unspecified atom stereocenters. The molecule has 1 aliphatic carbocycles. The Labute approximate surface area is 117 Å². The molecule has 0 spiro atoms. The molecule has 2 amide bonds. The van der Waals surface area contributed by atoms with Gasteiger partial charge in [0.05, 0.1) is 23.8 Å². The van der Waals surface area contributed by atoms with Crippen molar-refractivity contribution in [2.45, 2.75) is 37.8 Å². The molecule has 0 bridgehead atoms. The third-order valence-corrected chi connectivity index (χ3v) is 5.69. The number of furan rings is 1. The van der Waals surface area contributed by atoms with Gasteiger partial charge in [-0.2, -0.15) is 0 Å². The number of rotatable bonds is 2. The summed E-state index contributed by atoms with van der Waals surface area (Å²) in [6.07, 6.45) is 4.90. The second-order valence-electron chi connectivity index (χ2n) is 5.46.